The van der Waals surface area contributed by atoms with Gasteiger partial charge in [0.15, 0.2) is 0 Å². The lowest BCUT2D eigenvalue weighted by atomic mass is 10.2. The maximum atomic E-state index is 9.64. The molecular weight excluding hydrogens is 178 g/mol. The van der Waals surface area contributed by atoms with Crippen molar-refractivity contribution in [2.24, 2.45) is 0 Å². The fourth-order valence-electron chi connectivity index (χ4n) is 1.32. The highest BCUT2D eigenvalue weighted by Gasteiger charge is 2.03. The highest BCUT2D eigenvalue weighted by atomic mass is 16.3. The zero-order chi connectivity index (χ0) is 9.97. The van der Waals surface area contributed by atoms with Crippen LogP contribution < -0.4 is 5.73 Å². The number of rotatable bonds is 2. The lowest BCUT2D eigenvalue weighted by molar-refractivity contribution is 0.468. The van der Waals surface area contributed by atoms with Crippen LogP contribution in [-0.4, -0.2) is 14.7 Å². The number of anilines is 1. The number of phenols is 1. The number of hydrogen-bond donors (Lipinski definition) is 2. The number of hydrogen-bond acceptors (Lipinski definition) is 3. The highest BCUT2D eigenvalue weighted by molar-refractivity contribution is 5.55. The molecule has 0 aliphatic rings. The van der Waals surface area contributed by atoms with E-state index in [1.807, 2.05) is 22.9 Å². The quantitative estimate of drug-likeness (QED) is 0.551. The third-order valence-electron chi connectivity index (χ3n) is 2.06. The molecule has 2 aromatic rings. The summed E-state index contributed by atoms with van der Waals surface area (Å²) in [5.41, 5.74) is 6.77. The van der Waals surface area contributed by atoms with Gasteiger partial charge in [-0.15, -0.1) is 0 Å². The predicted octanol–water partition coefficient (Wildman–Crippen LogP) is 1.22. The number of benzene rings is 1. The minimum Gasteiger partial charge on any atom is -0.505 e. The van der Waals surface area contributed by atoms with Crippen molar-refractivity contribution in [3.63, 3.8) is 0 Å². The molecule has 0 aliphatic carbocycles. The van der Waals surface area contributed by atoms with Gasteiger partial charge in [0.25, 0.3) is 0 Å². The molecule has 0 spiro atoms. The summed E-state index contributed by atoms with van der Waals surface area (Å²) >= 11 is 0. The minimum absolute atomic E-state index is 0.154. The van der Waals surface area contributed by atoms with E-state index < -0.39 is 0 Å². The van der Waals surface area contributed by atoms with Crippen LogP contribution in [0.4, 0.5) is 5.69 Å². The van der Waals surface area contributed by atoms with Crippen molar-refractivity contribution in [3.8, 4) is 5.75 Å². The zero-order valence-electron chi connectivity index (χ0n) is 7.59. The fraction of sp³-hybridized carbons (Fsp3) is 0.100. The Kier molecular flexibility index (Phi) is 2.10. The van der Waals surface area contributed by atoms with Gasteiger partial charge in [-0.2, -0.15) is 0 Å². The third kappa shape index (κ3) is 1.54. The van der Waals surface area contributed by atoms with Gasteiger partial charge in [-0.25, -0.2) is 4.98 Å². The summed E-state index contributed by atoms with van der Waals surface area (Å²) in [5.74, 6) is 0.154. The summed E-state index contributed by atoms with van der Waals surface area (Å²) in [7, 11) is 0. The SMILES string of the molecule is Nc1cccc(Cn2ccnc2)c1O. The van der Waals surface area contributed by atoms with E-state index in [1.165, 1.54) is 0 Å². The molecule has 0 bridgehead atoms. The Morgan fingerprint density at radius 3 is 3.00 bits per heavy atom. The van der Waals surface area contributed by atoms with Crippen LogP contribution in [0.15, 0.2) is 36.9 Å². The van der Waals surface area contributed by atoms with Gasteiger partial charge in [0.05, 0.1) is 18.6 Å². The van der Waals surface area contributed by atoms with E-state index in [9.17, 15) is 5.11 Å². The molecule has 0 saturated carbocycles. The second-order valence-corrected chi connectivity index (χ2v) is 3.09. The van der Waals surface area contributed by atoms with Gasteiger partial charge in [0.2, 0.25) is 0 Å². The first kappa shape index (κ1) is 8.62. The van der Waals surface area contributed by atoms with Crippen molar-refractivity contribution in [1.82, 2.24) is 9.55 Å². The Labute approximate surface area is 81.6 Å². The van der Waals surface area contributed by atoms with Gasteiger partial charge < -0.3 is 15.4 Å². The number of phenolic OH excluding ortho intramolecular Hbond substituents is 1. The Morgan fingerprint density at radius 1 is 1.43 bits per heavy atom. The number of imidazole rings is 1. The van der Waals surface area contributed by atoms with Crippen molar-refractivity contribution in [2.75, 3.05) is 5.73 Å². The van der Waals surface area contributed by atoms with Gasteiger partial charge in [-0.3, -0.25) is 0 Å². The minimum atomic E-state index is 0.154. The molecule has 0 radical (unpaired) electrons. The van der Waals surface area contributed by atoms with E-state index in [4.69, 9.17) is 5.73 Å². The largest absolute Gasteiger partial charge is 0.505 e. The molecule has 0 fully saturated rings. The number of aromatic hydroxyl groups is 1. The van der Waals surface area contributed by atoms with Crippen LogP contribution >= 0.6 is 0 Å². The monoisotopic (exact) mass is 189 g/mol. The molecule has 0 unspecified atom stereocenters. The van der Waals surface area contributed by atoms with E-state index in [-0.39, 0.29) is 5.75 Å². The van der Waals surface area contributed by atoms with Crippen molar-refractivity contribution < 1.29 is 5.11 Å². The van der Waals surface area contributed by atoms with E-state index in [2.05, 4.69) is 4.98 Å². The lowest BCUT2D eigenvalue weighted by Crippen LogP contribution is -1.98. The van der Waals surface area contributed by atoms with Gasteiger partial charge in [-0.1, -0.05) is 12.1 Å². The summed E-state index contributed by atoms with van der Waals surface area (Å²) in [6, 6.07) is 5.33. The molecule has 0 amide bonds. The summed E-state index contributed by atoms with van der Waals surface area (Å²) < 4.78 is 1.87. The molecule has 2 rings (SSSR count). The molecule has 1 heterocycles. The van der Waals surface area contributed by atoms with Crippen LogP contribution in [-0.2, 0) is 6.54 Å². The summed E-state index contributed by atoms with van der Waals surface area (Å²) in [4.78, 5) is 3.92. The average Bonchev–Trinajstić information content (AvgIpc) is 2.66. The third-order valence-corrected chi connectivity index (χ3v) is 2.06. The van der Waals surface area contributed by atoms with E-state index in [0.29, 0.717) is 12.2 Å². The lowest BCUT2D eigenvalue weighted by Gasteiger charge is -2.06. The number of nitrogen functional groups attached to an aromatic ring is 1. The second-order valence-electron chi connectivity index (χ2n) is 3.09. The van der Waals surface area contributed by atoms with E-state index in [1.54, 1.807) is 18.6 Å². The fourth-order valence-corrected chi connectivity index (χ4v) is 1.32. The molecule has 72 valence electrons. The molecule has 4 heteroatoms. The Balaban J connectivity index is 2.29. The standard InChI is InChI=1S/C10H11N3O/c11-9-3-1-2-8(10(9)14)6-13-5-4-12-7-13/h1-5,7,14H,6,11H2. The highest BCUT2D eigenvalue weighted by Crippen LogP contribution is 2.24. The maximum Gasteiger partial charge on any atom is 0.143 e. The molecule has 0 aliphatic heterocycles. The number of nitrogens with two attached hydrogens (primary N) is 1. The van der Waals surface area contributed by atoms with Crippen molar-refractivity contribution >= 4 is 5.69 Å². The summed E-state index contributed by atoms with van der Waals surface area (Å²) in [5, 5.41) is 9.64. The van der Waals surface area contributed by atoms with Gasteiger partial charge in [0.1, 0.15) is 5.75 Å². The van der Waals surface area contributed by atoms with Crippen molar-refractivity contribution in [1.29, 1.82) is 0 Å². The second kappa shape index (κ2) is 3.41. The van der Waals surface area contributed by atoms with Crippen molar-refractivity contribution in [2.45, 2.75) is 6.54 Å². The zero-order valence-corrected chi connectivity index (χ0v) is 7.59. The molecular formula is C10H11N3O. The summed E-state index contributed by atoms with van der Waals surface area (Å²) in [6.45, 7) is 0.580. The van der Waals surface area contributed by atoms with Crippen LogP contribution in [0, 0.1) is 0 Å². The first-order valence-corrected chi connectivity index (χ1v) is 4.29. The Morgan fingerprint density at radius 2 is 2.29 bits per heavy atom. The molecule has 0 saturated heterocycles. The number of aromatic nitrogens is 2. The molecule has 1 aromatic carbocycles. The molecule has 1 aromatic heterocycles. The molecule has 4 nitrogen and oxygen atoms in total. The molecule has 14 heavy (non-hydrogen) atoms. The van der Waals surface area contributed by atoms with Gasteiger partial charge in [-0.05, 0) is 6.07 Å². The summed E-state index contributed by atoms with van der Waals surface area (Å²) in [6.07, 6.45) is 5.23. The average molecular weight is 189 g/mol. The van der Waals surface area contributed by atoms with Gasteiger partial charge in [0, 0.05) is 18.0 Å². The first-order valence-electron chi connectivity index (χ1n) is 4.29. The van der Waals surface area contributed by atoms with E-state index >= 15 is 0 Å². The Bertz CT molecular complexity index is 423. The predicted molar refractivity (Wildman–Crippen MR) is 53.8 cm³/mol. The number of para-hydroxylation sites is 1. The van der Waals surface area contributed by atoms with Crippen LogP contribution in [0.2, 0.25) is 0 Å². The van der Waals surface area contributed by atoms with Crippen LogP contribution in [0.25, 0.3) is 0 Å². The molecule has 3 N–H and O–H groups in total. The Hall–Kier alpha value is -1.97. The first-order chi connectivity index (χ1) is 6.77. The normalized spacial score (nSPS) is 10.3. The number of nitrogens with zero attached hydrogens (tertiary/aromatic N) is 2. The van der Waals surface area contributed by atoms with E-state index in [0.717, 1.165) is 5.56 Å². The van der Waals surface area contributed by atoms with Crippen LogP contribution in [0.3, 0.4) is 0 Å². The topological polar surface area (TPSA) is 64.1 Å². The van der Waals surface area contributed by atoms with Gasteiger partial charge >= 0.3 is 0 Å². The van der Waals surface area contributed by atoms with Crippen LogP contribution in [0.5, 0.6) is 5.75 Å². The smallest absolute Gasteiger partial charge is 0.143 e. The van der Waals surface area contributed by atoms with Crippen LogP contribution in [0.1, 0.15) is 5.56 Å². The molecule has 0 atom stereocenters. The maximum absolute atomic E-state index is 9.64. The van der Waals surface area contributed by atoms with Crippen molar-refractivity contribution in [3.05, 3.63) is 42.5 Å².